The molecule has 1 rings (SSSR count). The maximum Gasteiger partial charge on any atom is 0.0987 e. The van der Waals surface area contributed by atoms with Crippen molar-refractivity contribution in [2.24, 2.45) is 17.8 Å². The normalized spacial score (nSPS) is 26.8. The molecule has 2 unspecified atom stereocenters. The lowest BCUT2D eigenvalue weighted by molar-refractivity contribution is 0.385. The molecule has 0 bridgehead atoms. The predicted molar refractivity (Wildman–Crippen MR) is 78.1 cm³/mol. The number of rotatable bonds is 6. The Kier molecular flexibility index (Phi) is 6.59. The van der Waals surface area contributed by atoms with Crippen LogP contribution in [0.25, 0.3) is 0 Å². The van der Waals surface area contributed by atoms with E-state index in [1.165, 1.54) is 19.3 Å². The summed E-state index contributed by atoms with van der Waals surface area (Å²) < 4.78 is 0. The molecule has 0 spiro atoms. The average Bonchev–Trinajstić information content (AvgIpc) is 2.38. The van der Waals surface area contributed by atoms with Crippen LogP contribution in [0.15, 0.2) is 0 Å². The first-order valence-electron chi connectivity index (χ1n) is 6.79. The first-order chi connectivity index (χ1) is 9.15. The summed E-state index contributed by atoms with van der Waals surface area (Å²) in [5, 5.41) is 34.5. The number of hydrogen-bond donors (Lipinski definition) is 2. The highest BCUT2D eigenvalue weighted by Crippen LogP contribution is 2.38. The molecule has 0 saturated carbocycles. The quantitative estimate of drug-likeness (QED) is 0.719. The van der Waals surface area contributed by atoms with Crippen LogP contribution in [0, 0.1) is 51.2 Å². The van der Waals surface area contributed by atoms with E-state index in [4.69, 9.17) is 10.8 Å². The molecule has 0 amide bonds. The molecular formula is C14H20N4S. The summed E-state index contributed by atoms with van der Waals surface area (Å²) in [4.78, 5) is 0. The van der Waals surface area contributed by atoms with Crippen LogP contribution in [-0.2, 0) is 0 Å². The van der Waals surface area contributed by atoms with Gasteiger partial charge >= 0.3 is 0 Å². The SMILES string of the molecule is CCCCCCCC1C(C#N)C(=N)SC(=N)C1C#N. The van der Waals surface area contributed by atoms with Crippen LogP contribution in [0.3, 0.4) is 0 Å². The molecule has 0 radical (unpaired) electrons. The summed E-state index contributed by atoms with van der Waals surface area (Å²) in [7, 11) is 0. The fraction of sp³-hybridized carbons (Fsp3) is 0.714. The Balaban J connectivity index is 2.63. The summed E-state index contributed by atoms with van der Waals surface area (Å²) in [5.74, 6) is -1.18. The largest absolute Gasteiger partial charge is 0.297 e. The monoisotopic (exact) mass is 276 g/mol. The number of thioether (sulfide) groups is 1. The Labute approximate surface area is 119 Å². The van der Waals surface area contributed by atoms with Crippen LogP contribution in [0.2, 0.25) is 0 Å². The Morgan fingerprint density at radius 2 is 1.53 bits per heavy atom. The van der Waals surface area contributed by atoms with Crippen molar-refractivity contribution in [1.82, 2.24) is 0 Å². The van der Waals surface area contributed by atoms with Crippen LogP contribution in [0.4, 0.5) is 0 Å². The molecule has 102 valence electrons. The standard InChI is InChI=1S/C14H20N4S/c1-2-3-4-5-6-7-10-11(8-15)13(17)19-14(18)12(10)9-16/h10-12,17-18H,2-7H2,1H3. The molecule has 1 aliphatic heterocycles. The average molecular weight is 276 g/mol. The molecule has 0 aromatic rings. The number of nitriles is 2. The van der Waals surface area contributed by atoms with Crippen molar-refractivity contribution >= 4 is 21.8 Å². The third-order valence-corrected chi connectivity index (χ3v) is 4.51. The van der Waals surface area contributed by atoms with Crippen LogP contribution in [0.5, 0.6) is 0 Å². The Hall–Kier alpha value is -1.33. The van der Waals surface area contributed by atoms with Gasteiger partial charge in [0.15, 0.2) is 0 Å². The second kappa shape index (κ2) is 7.96. The topological polar surface area (TPSA) is 95.3 Å². The molecule has 1 aliphatic rings. The highest BCUT2D eigenvalue weighted by atomic mass is 32.2. The lowest BCUT2D eigenvalue weighted by Gasteiger charge is -2.31. The molecule has 1 saturated heterocycles. The minimum absolute atomic E-state index is 0.169. The molecule has 0 aromatic heterocycles. The third kappa shape index (κ3) is 4.08. The molecule has 5 heteroatoms. The summed E-state index contributed by atoms with van der Waals surface area (Å²) in [6.07, 6.45) is 6.44. The van der Waals surface area contributed by atoms with Gasteiger partial charge in [0.2, 0.25) is 0 Å². The number of nitrogens with zero attached hydrogens (tertiary/aromatic N) is 2. The van der Waals surface area contributed by atoms with E-state index in [1.807, 2.05) is 0 Å². The van der Waals surface area contributed by atoms with Crippen LogP contribution in [0.1, 0.15) is 45.4 Å². The Morgan fingerprint density at radius 1 is 1.00 bits per heavy atom. The third-order valence-electron chi connectivity index (χ3n) is 3.56. The van der Waals surface area contributed by atoms with Crippen molar-refractivity contribution in [1.29, 1.82) is 21.3 Å². The van der Waals surface area contributed by atoms with E-state index in [0.717, 1.165) is 31.0 Å². The van der Waals surface area contributed by atoms with Crippen LogP contribution in [-0.4, -0.2) is 10.1 Å². The molecular weight excluding hydrogens is 256 g/mol. The second-order valence-electron chi connectivity index (χ2n) is 4.91. The zero-order valence-electron chi connectivity index (χ0n) is 11.3. The van der Waals surface area contributed by atoms with Crippen molar-refractivity contribution in [3.8, 4) is 12.1 Å². The van der Waals surface area contributed by atoms with Crippen molar-refractivity contribution in [2.45, 2.75) is 45.4 Å². The summed E-state index contributed by atoms with van der Waals surface area (Å²) in [6, 6.07) is 4.30. The first-order valence-corrected chi connectivity index (χ1v) is 7.61. The van der Waals surface area contributed by atoms with Crippen molar-refractivity contribution < 1.29 is 0 Å². The predicted octanol–water partition coefficient (Wildman–Crippen LogP) is 3.94. The van der Waals surface area contributed by atoms with E-state index in [1.54, 1.807) is 0 Å². The molecule has 0 aromatic carbocycles. The van der Waals surface area contributed by atoms with Gasteiger partial charge in [0.25, 0.3) is 0 Å². The fourth-order valence-corrected chi connectivity index (χ4v) is 3.40. The van der Waals surface area contributed by atoms with Gasteiger partial charge in [-0.3, -0.25) is 10.8 Å². The fourth-order valence-electron chi connectivity index (χ4n) is 2.45. The van der Waals surface area contributed by atoms with Gasteiger partial charge in [-0.25, -0.2) is 0 Å². The molecule has 1 heterocycles. The molecule has 2 atom stereocenters. The Bertz CT molecular complexity index is 386. The zero-order valence-corrected chi connectivity index (χ0v) is 12.1. The van der Waals surface area contributed by atoms with Gasteiger partial charge in [0, 0.05) is 5.92 Å². The maximum absolute atomic E-state index is 9.19. The minimum Gasteiger partial charge on any atom is -0.297 e. The van der Waals surface area contributed by atoms with Crippen LogP contribution >= 0.6 is 11.8 Å². The molecule has 19 heavy (non-hydrogen) atoms. The van der Waals surface area contributed by atoms with Crippen molar-refractivity contribution in [3.63, 3.8) is 0 Å². The number of nitrogens with one attached hydrogen (secondary N) is 2. The van der Waals surface area contributed by atoms with Gasteiger partial charge in [0.1, 0.15) is 0 Å². The highest BCUT2D eigenvalue weighted by Gasteiger charge is 2.40. The van der Waals surface area contributed by atoms with E-state index < -0.39 is 11.8 Å². The molecule has 2 N–H and O–H groups in total. The van der Waals surface area contributed by atoms with Crippen LogP contribution < -0.4 is 0 Å². The second-order valence-corrected chi connectivity index (χ2v) is 5.99. The highest BCUT2D eigenvalue weighted by molar-refractivity contribution is 8.26. The van der Waals surface area contributed by atoms with Crippen molar-refractivity contribution in [2.75, 3.05) is 0 Å². The van der Waals surface area contributed by atoms with Gasteiger partial charge in [-0.15, -0.1) is 0 Å². The van der Waals surface area contributed by atoms with Crippen molar-refractivity contribution in [3.05, 3.63) is 0 Å². The Morgan fingerprint density at radius 3 is 2.00 bits per heavy atom. The lowest BCUT2D eigenvalue weighted by Crippen LogP contribution is -2.35. The lowest BCUT2D eigenvalue weighted by atomic mass is 9.79. The van der Waals surface area contributed by atoms with E-state index >= 15 is 0 Å². The van der Waals surface area contributed by atoms with Gasteiger partial charge in [-0.1, -0.05) is 50.8 Å². The summed E-state index contributed by atoms with van der Waals surface area (Å²) in [5.41, 5.74) is 0. The van der Waals surface area contributed by atoms with Gasteiger partial charge in [-0.05, 0) is 6.42 Å². The van der Waals surface area contributed by atoms with Gasteiger partial charge in [0.05, 0.1) is 34.1 Å². The first kappa shape index (κ1) is 15.7. The molecule has 1 fully saturated rings. The van der Waals surface area contributed by atoms with E-state index in [9.17, 15) is 10.5 Å². The summed E-state index contributed by atoms with van der Waals surface area (Å²) in [6.45, 7) is 2.17. The van der Waals surface area contributed by atoms with Gasteiger partial charge in [-0.2, -0.15) is 10.5 Å². The van der Waals surface area contributed by atoms with E-state index in [-0.39, 0.29) is 16.0 Å². The minimum atomic E-state index is -0.505. The zero-order chi connectivity index (χ0) is 14.3. The van der Waals surface area contributed by atoms with E-state index in [0.29, 0.717) is 0 Å². The molecule has 0 aliphatic carbocycles. The van der Waals surface area contributed by atoms with E-state index in [2.05, 4.69) is 19.1 Å². The summed E-state index contributed by atoms with van der Waals surface area (Å²) >= 11 is 0.979. The smallest absolute Gasteiger partial charge is 0.0987 e. The molecule has 4 nitrogen and oxygen atoms in total. The number of unbranched alkanes of at least 4 members (excludes halogenated alkanes) is 4. The maximum atomic E-state index is 9.19. The van der Waals surface area contributed by atoms with Gasteiger partial charge < -0.3 is 0 Å². The number of hydrogen-bond acceptors (Lipinski definition) is 5.